The first kappa shape index (κ1) is 18.2. The van der Waals surface area contributed by atoms with E-state index in [1.54, 1.807) is 0 Å². The van der Waals surface area contributed by atoms with Crippen molar-refractivity contribution >= 4 is 11.9 Å². The maximum Gasteiger partial charge on any atom is 0.307 e. The van der Waals surface area contributed by atoms with Gasteiger partial charge in [-0.3, -0.25) is 9.59 Å². The van der Waals surface area contributed by atoms with Crippen LogP contribution in [0.2, 0.25) is 0 Å². The van der Waals surface area contributed by atoms with Crippen LogP contribution in [0, 0.1) is 11.8 Å². The summed E-state index contributed by atoms with van der Waals surface area (Å²) in [5.41, 5.74) is -0.467. The maximum absolute atomic E-state index is 13.1. The van der Waals surface area contributed by atoms with E-state index in [1.165, 1.54) is 19.6 Å². The molecule has 1 spiro atoms. The molecule has 3 saturated heterocycles. The van der Waals surface area contributed by atoms with E-state index in [1.807, 2.05) is 4.90 Å². The number of hydrogen-bond donors (Lipinski definition) is 0. The van der Waals surface area contributed by atoms with E-state index in [9.17, 15) is 9.59 Å². The van der Waals surface area contributed by atoms with Crippen molar-refractivity contribution in [3.05, 3.63) is 0 Å². The highest BCUT2D eigenvalue weighted by molar-refractivity contribution is 5.88. The Bertz CT molecular complexity index is 530. The molecule has 3 heterocycles. The molecule has 0 radical (unpaired) electrons. The lowest BCUT2D eigenvalue weighted by Crippen LogP contribution is -2.50. The van der Waals surface area contributed by atoms with Gasteiger partial charge in [-0.25, -0.2) is 0 Å². The van der Waals surface area contributed by atoms with Gasteiger partial charge in [0.05, 0.1) is 12.3 Å². The Morgan fingerprint density at radius 2 is 1.73 bits per heavy atom. The van der Waals surface area contributed by atoms with Crippen LogP contribution in [0.4, 0.5) is 0 Å². The highest BCUT2D eigenvalue weighted by Gasteiger charge is 2.54. The van der Waals surface area contributed by atoms with Gasteiger partial charge < -0.3 is 19.4 Å². The Hall–Kier alpha value is -1.14. The molecule has 0 N–H and O–H groups in total. The predicted molar refractivity (Wildman–Crippen MR) is 98.6 cm³/mol. The molecule has 26 heavy (non-hydrogen) atoms. The number of ether oxygens (including phenoxy) is 1. The minimum atomic E-state index is -0.467. The third kappa shape index (κ3) is 3.63. The summed E-state index contributed by atoms with van der Waals surface area (Å²) in [6.45, 7) is 7.52. The second-order valence-electron chi connectivity index (χ2n) is 8.88. The molecule has 1 amide bonds. The number of nitrogens with zero attached hydrogens (tertiary/aromatic N) is 3. The summed E-state index contributed by atoms with van der Waals surface area (Å²) in [7, 11) is 2.19. The quantitative estimate of drug-likeness (QED) is 0.709. The molecule has 0 aromatic carbocycles. The van der Waals surface area contributed by atoms with E-state index < -0.39 is 5.60 Å². The highest BCUT2D eigenvalue weighted by Crippen LogP contribution is 2.46. The van der Waals surface area contributed by atoms with Crippen molar-refractivity contribution in [2.75, 3.05) is 52.9 Å². The van der Waals surface area contributed by atoms with Crippen molar-refractivity contribution < 1.29 is 14.3 Å². The first-order chi connectivity index (χ1) is 12.6. The van der Waals surface area contributed by atoms with Crippen LogP contribution in [-0.4, -0.2) is 85.0 Å². The summed E-state index contributed by atoms with van der Waals surface area (Å²) in [4.78, 5) is 32.0. The monoisotopic (exact) mass is 363 g/mol. The van der Waals surface area contributed by atoms with Gasteiger partial charge in [0.25, 0.3) is 0 Å². The van der Waals surface area contributed by atoms with Crippen LogP contribution in [0.5, 0.6) is 0 Å². The average Bonchev–Trinajstić information content (AvgIpc) is 3.24. The van der Waals surface area contributed by atoms with E-state index in [-0.39, 0.29) is 17.8 Å². The van der Waals surface area contributed by atoms with Gasteiger partial charge in [-0.1, -0.05) is 0 Å². The number of piperidine rings is 1. The molecule has 0 bridgehead atoms. The molecular weight excluding hydrogens is 330 g/mol. The number of hydrogen-bond acceptors (Lipinski definition) is 5. The zero-order valence-corrected chi connectivity index (χ0v) is 16.1. The molecule has 146 valence electrons. The Kier molecular flexibility index (Phi) is 5.24. The zero-order valence-electron chi connectivity index (χ0n) is 16.1. The first-order valence-electron chi connectivity index (χ1n) is 10.5. The van der Waals surface area contributed by atoms with Crippen LogP contribution in [0.15, 0.2) is 0 Å². The number of carbonyl (C=O) groups excluding carboxylic acids is 2. The molecule has 4 fully saturated rings. The number of amides is 1. The van der Waals surface area contributed by atoms with Crippen LogP contribution in [0.3, 0.4) is 0 Å². The standard InChI is InChI=1S/C20H33N3O3/c1-21-10-12-22(13-11-21)15-16-4-8-23(9-5-16)19(25)17-14-18(24)26-20(17)6-2-3-7-20/h16-17H,2-15H2,1H3. The van der Waals surface area contributed by atoms with E-state index in [2.05, 4.69) is 16.8 Å². The SMILES string of the molecule is CN1CCN(CC2CCN(C(=O)C3CC(=O)OC34CCCC4)CC2)CC1. The Balaban J connectivity index is 1.29. The van der Waals surface area contributed by atoms with E-state index in [4.69, 9.17) is 4.74 Å². The predicted octanol–water partition coefficient (Wildman–Crippen LogP) is 1.35. The fourth-order valence-corrected chi connectivity index (χ4v) is 5.38. The van der Waals surface area contributed by atoms with Crippen LogP contribution >= 0.6 is 0 Å². The fourth-order valence-electron chi connectivity index (χ4n) is 5.38. The van der Waals surface area contributed by atoms with Crippen molar-refractivity contribution in [3.63, 3.8) is 0 Å². The molecule has 1 atom stereocenters. The van der Waals surface area contributed by atoms with Crippen molar-refractivity contribution in [1.82, 2.24) is 14.7 Å². The first-order valence-corrected chi connectivity index (χ1v) is 10.5. The van der Waals surface area contributed by atoms with Gasteiger partial charge in [0.15, 0.2) is 0 Å². The van der Waals surface area contributed by atoms with Crippen molar-refractivity contribution in [2.45, 2.75) is 50.5 Å². The topological polar surface area (TPSA) is 53.1 Å². The molecule has 0 aromatic heterocycles. The fraction of sp³-hybridized carbons (Fsp3) is 0.900. The summed E-state index contributed by atoms with van der Waals surface area (Å²) in [6.07, 6.45) is 6.36. The molecule has 1 aliphatic carbocycles. The summed E-state index contributed by atoms with van der Waals surface area (Å²) in [6, 6.07) is 0. The number of carbonyl (C=O) groups is 2. The molecule has 4 aliphatic rings. The maximum atomic E-state index is 13.1. The normalized spacial score (nSPS) is 30.9. The number of likely N-dealkylation sites (N-methyl/N-ethyl adjacent to an activating group) is 1. The van der Waals surface area contributed by atoms with Crippen molar-refractivity contribution in [2.24, 2.45) is 11.8 Å². The lowest BCUT2D eigenvalue weighted by atomic mass is 9.84. The molecule has 0 aromatic rings. The second-order valence-corrected chi connectivity index (χ2v) is 8.88. The van der Waals surface area contributed by atoms with Gasteiger partial charge in [0.1, 0.15) is 5.60 Å². The third-order valence-electron chi connectivity index (χ3n) is 7.11. The Labute approximate surface area is 156 Å². The van der Waals surface area contributed by atoms with Crippen molar-refractivity contribution in [1.29, 1.82) is 0 Å². The smallest absolute Gasteiger partial charge is 0.307 e. The van der Waals surface area contributed by atoms with E-state index in [0.717, 1.165) is 64.7 Å². The third-order valence-corrected chi connectivity index (χ3v) is 7.11. The lowest BCUT2D eigenvalue weighted by molar-refractivity contribution is -0.152. The zero-order chi connectivity index (χ0) is 18.1. The molecular formula is C20H33N3O3. The van der Waals surface area contributed by atoms with Gasteiger partial charge in [-0.15, -0.1) is 0 Å². The Morgan fingerprint density at radius 3 is 2.38 bits per heavy atom. The molecule has 4 rings (SSSR count). The number of esters is 1. The van der Waals surface area contributed by atoms with E-state index >= 15 is 0 Å². The molecule has 6 nitrogen and oxygen atoms in total. The molecule has 3 aliphatic heterocycles. The summed E-state index contributed by atoms with van der Waals surface area (Å²) in [5, 5.41) is 0. The number of piperazine rings is 1. The molecule has 6 heteroatoms. The van der Waals surface area contributed by atoms with Crippen LogP contribution in [0.1, 0.15) is 44.9 Å². The minimum Gasteiger partial charge on any atom is -0.458 e. The van der Waals surface area contributed by atoms with Gasteiger partial charge in [-0.05, 0) is 51.5 Å². The molecule has 1 saturated carbocycles. The second kappa shape index (κ2) is 7.47. The average molecular weight is 364 g/mol. The minimum absolute atomic E-state index is 0.171. The lowest BCUT2D eigenvalue weighted by Gasteiger charge is -2.39. The van der Waals surface area contributed by atoms with Gasteiger partial charge in [-0.2, -0.15) is 0 Å². The van der Waals surface area contributed by atoms with E-state index in [0.29, 0.717) is 12.3 Å². The summed E-state index contributed by atoms with van der Waals surface area (Å²) >= 11 is 0. The van der Waals surface area contributed by atoms with Crippen LogP contribution < -0.4 is 0 Å². The largest absolute Gasteiger partial charge is 0.458 e. The van der Waals surface area contributed by atoms with Crippen LogP contribution in [-0.2, 0) is 14.3 Å². The summed E-state index contributed by atoms with van der Waals surface area (Å²) < 4.78 is 5.67. The molecule has 1 unspecified atom stereocenters. The Morgan fingerprint density at radius 1 is 1.08 bits per heavy atom. The van der Waals surface area contributed by atoms with Crippen molar-refractivity contribution in [3.8, 4) is 0 Å². The number of likely N-dealkylation sites (tertiary alicyclic amines) is 1. The van der Waals surface area contributed by atoms with Gasteiger partial charge in [0, 0.05) is 45.8 Å². The summed E-state index contributed by atoms with van der Waals surface area (Å²) in [5.74, 6) is 0.474. The number of rotatable bonds is 3. The van der Waals surface area contributed by atoms with Gasteiger partial charge >= 0.3 is 5.97 Å². The highest BCUT2D eigenvalue weighted by atomic mass is 16.6. The van der Waals surface area contributed by atoms with Crippen LogP contribution in [0.25, 0.3) is 0 Å². The van der Waals surface area contributed by atoms with Gasteiger partial charge in [0.2, 0.25) is 5.91 Å².